The molecule has 154 valence electrons. The van der Waals surface area contributed by atoms with E-state index in [1.54, 1.807) is 17.0 Å². The molecule has 0 atom stereocenters. The van der Waals surface area contributed by atoms with Crippen LogP contribution >= 0.6 is 11.6 Å². The molecule has 0 aromatic heterocycles. The summed E-state index contributed by atoms with van der Waals surface area (Å²) in [4.78, 5) is 15.1. The maximum atomic E-state index is 13.6. The van der Waals surface area contributed by atoms with Gasteiger partial charge in [0, 0.05) is 11.9 Å². The van der Waals surface area contributed by atoms with Crippen molar-refractivity contribution in [3.8, 4) is 0 Å². The molecule has 1 heterocycles. The fourth-order valence-corrected chi connectivity index (χ4v) is 5.94. The normalized spacial score (nSPS) is 24.3. The number of rotatable bonds is 3. The minimum absolute atomic E-state index is 0.0511. The number of sulfone groups is 1. The van der Waals surface area contributed by atoms with Crippen molar-refractivity contribution in [1.82, 2.24) is 0 Å². The van der Waals surface area contributed by atoms with Gasteiger partial charge in [-0.2, -0.15) is 0 Å². The number of nitrogens with zero attached hydrogens (tertiary/aromatic N) is 1. The molecular formula is C21H22ClFN2O3S. The first-order valence-electron chi connectivity index (χ1n) is 9.53. The number of hydrogen-bond donors (Lipinski definition) is 1. The Balaban J connectivity index is 1.75. The minimum atomic E-state index is -3.07. The van der Waals surface area contributed by atoms with Crippen molar-refractivity contribution < 1.29 is 17.6 Å². The van der Waals surface area contributed by atoms with Gasteiger partial charge in [0.1, 0.15) is 21.3 Å². The smallest absolute Gasteiger partial charge is 0.262 e. The van der Waals surface area contributed by atoms with Gasteiger partial charge < -0.3 is 5.32 Å². The van der Waals surface area contributed by atoms with Gasteiger partial charge in [-0.3, -0.25) is 9.69 Å². The zero-order chi connectivity index (χ0) is 20.8. The lowest BCUT2D eigenvalue weighted by molar-refractivity contribution is 0.0930. The summed E-state index contributed by atoms with van der Waals surface area (Å²) in [5.41, 5.74) is 0.980. The summed E-state index contributed by atoms with van der Waals surface area (Å²) in [5.74, 6) is -0.475. The van der Waals surface area contributed by atoms with Gasteiger partial charge in [-0.1, -0.05) is 23.7 Å². The molecule has 2 aliphatic rings. The highest BCUT2D eigenvalue weighted by atomic mass is 35.5. The molecular weight excluding hydrogens is 415 g/mol. The van der Waals surface area contributed by atoms with Gasteiger partial charge in [0.05, 0.1) is 22.0 Å². The first kappa shape index (κ1) is 20.2. The van der Waals surface area contributed by atoms with Gasteiger partial charge in [-0.25, -0.2) is 12.8 Å². The van der Waals surface area contributed by atoms with Gasteiger partial charge >= 0.3 is 0 Å². The second-order valence-corrected chi connectivity index (χ2v) is 10.6. The SMILES string of the molecule is CS(=O)(=O)CC1CCC2(CC1)Nc1ccccc1C(=O)N2c1ccc(F)cc1Cl. The molecule has 5 nitrogen and oxygen atoms in total. The van der Waals surface area contributed by atoms with Gasteiger partial charge in [0.15, 0.2) is 0 Å². The average Bonchev–Trinajstić information content (AvgIpc) is 2.64. The second-order valence-electron chi connectivity index (χ2n) is 7.97. The number of hydrogen-bond acceptors (Lipinski definition) is 4. The first-order chi connectivity index (χ1) is 13.7. The molecule has 0 radical (unpaired) electrons. The Morgan fingerprint density at radius 2 is 1.90 bits per heavy atom. The molecule has 2 aromatic rings. The summed E-state index contributed by atoms with van der Waals surface area (Å²) in [6, 6.07) is 11.3. The molecule has 1 N–H and O–H groups in total. The van der Waals surface area contributed by atoms with Gasteiger partial charge in [-0.05, 0) is 61.9 Å². The number of anilines is 2. The molecule has 1 aliphatic carbocycles. The number of fused-ring (bicyclic) bond motifs is 1. The molecule has 4 rings (SSSR count). The van der Waals surface area contributed by atoms with E-state index in [2.05, 4.69) is 5.32 Å². The van der Waals surface area contributed by atoms with Crippen molar-refractivity contribution >= 4 is 38.7 Å². The summed E-state index contributed by atoms with van der Waals surface area (Å²) in [7, 11) is -3.07. The van der Waals surface area contributed by atoms with Crippen LogP contribution in [0.25, 0.3) is 0 Å². The molecule has 0 bridgehead atoms. The lowest BCUT2D eigenvalue weighted by Crippen LogP contribution is -2.62. The van der Waals surface area contributed by atoms with Crippen LogP contribution in [0.15, 0.2) is 42.5 Å². The van der Waals surface area contributed by atoms with Crippen LogP contribution < -0.4 is 10.2 Å². The summed E-state index contributed by atoms with van der Waals surface area (Å²) in [6.07, 6.45) is 3.71. The largest absolute Gasteiger partial charge is 0.362 e. The molecule has 1 amide bonds. The Morgan fingerprint density at radius 1 is 1.21 bits per heavy atom. The monoisotopic (exact) mass is 436 g/mol. The Hall–Kier alpha value is -2.12. The van der Waals surface area contributed by atoms with Gasteiger partial charge in [0.2, 0.25) is 0 Å². The molecule has 1 fully saturated rings. The van der Waals surface area contributed by atoms with Gasteiger partial charge in [-0.15, -0.1) is 0 Å². The van der Waals surface area contributed by atoms with E-state index in [-0.39, 0.29) is 22.6 Å². The topological polar surface area (TPSA) is 66.5 Å². The van der Waals surface area contributed by atoms with Crippen LogP contribution in [0.4, 0.5) is 15.8 Å². The number of benzene rings is 2. The number of carbonyl (C=O) groups excluding carboxylic acids is 1. The Bertz CT molecular complexity index is 1070. The molecule has 29 heavy (non-hydrogen) atoms. The summed E-state index contributed by atoms with van der Waals surface area (Å²) in [5, 5.41) is 3.68. The number of carbonyl (C=O) groups is 1. The van der Waals surface area contributed by atoms with E-state index in [0.29, 0.717) is 36.9 Å². The van der Waals surface area contributed by atoms with Crippen LogP contribution in [-0.4, -0.2) is 32.0 Å². The lowest BCUT2D eigenvalue weighted by Gasteiger charge is -2.51. The highest BCUT2D eigenvalue weighted by molar-refractivity contribution is 7.90. The highest BCUT2D eigenvalue weighted by Gasteiger charge is 2.48. The van der Waals surface area contributed by atoms with Crippen molar-refractivity contribution in [2.24, 2.45) is 5.92 Å². The van der Waals surface area contributed by atoms with Crippen molar-refractivity contribution in [2.75, 3.05) is 22.2 Å². The summed E-state index contributed by atoms with van der Waals surface area (Å²) >= 11 is 6.33. The van der Waals surface area contributed by atoms with Crippen LogP contribution in [0, 0.1) is 11.7 Å². The maximum absolute atomic E-state index is 13.6. The summed E-state index contributed by atoms with van der Waals surface area (Å²) in [6.45, 7) is 0. The van der Waals surface area contributed by atoms with Crippen LogP contribution in [0.2, 0.25) is 5.02 Å². The third-order valence-corrected chi connectivity index (χ3v) is 7.16. The fraction of sp³-hybridized carbons (Fsp3) is 0.381. The van der Waals surface area contributed by atoms with E-state index >= 15 is 0 Å². The molecule has 2 aromatic carbocycles. The van der Waals surface area contributed by atoms with Crippen LogP contribution in [0.1, 0.15) is 36.0 Å². The summed E-state index contributed by atoms with van der Waals surface area (Å²) < 4.78 is 37.1. The standard InChI is InChI=1S/C21H22ClFN2O3S/c1-29(27,28)13-14-8-10-21(11-9-14)24-18-5-3-2-4-16(18)20(26)25(21)19-7-6-15(23)12-17(19)22/h2-7,12,14,24H,8-11,13H2,1H3. The third-order valence-electron chi connectivity index (χ3n) is 5.78. The molecule has 1 spiro atoms. The Morgan fingerprint density at radius 3 is 2.55 bits per heavy atom. The van der Waals surface area contributed by atoms with Gasteiger partial charge in [0.25, 0.3) is 5.91 Å². The van der Waals surface area contributed by atoms with Crippen molar-refractivity contribution in [3.63, 3.8) is 0 Å². The van der Waals surface area contributed by atoms with Crippen LogP contribution in [0.5, 0.6) is 0 Å². The van der Waals surface area contributed by atoms with Crippen LogP contribution in [0.3, 0.4) is 0 Å². The molecule has 1 saturated carbocycles. The third kappa shape index (κ3) is 3.85. The zero-order valence-corrected chi connectivity index (χ0v) is 17.6. The average molecular weight is 437 g/mol. The number of halogens is 2. The zero-order valence-electron chi connectivity index (χ0n) is 16.0. The van der Waals surface area contributed by atoms with E-state index in [1.807, 2.05) is 12.1 Å². The molecule has 0 unspecified atom stereocenters. The molecule has 8 heteroatoms. The molecule has 1 aliphatic heterocycles. The predicted octanol–water partition coefficient (Wildman–Crippen LogP) is 4.48. The van der Waals surface area contributed by atoms with Crippen LogP contribution in [-0.2, 0) is 9.84 Å². The lowest BCUT2D eigenvalue weighted by atomic mass is 9.79. The van der Waals surface area contributed by atoms with Crippen molar-refractivity contribution in [3.05, 3.63) is 58.9 Å². The van der Waals surface area contributed by atoms with E-state index in [4.69, 9.17) is 11.6 Å². The second kappa shape index (κ2) is 7.29. The molecule has 0 saturated heterocycles. The van der Waals surface area contributed by atoms with E-state index in [1.165, 1.54) is 24.5 Å². The van der Waals surface area contributed by atoms with E-state index in [9.17, 15) is 17.6 Å². The predicted molar refractivity (Wildman–Crippen MR) is 113 cm³/mol. The number of amides is 1. The number of nitrogens with one attached hydrogen (secondary N) is 1. The first-order valence-corrected chi connectivity index (χ1v) is 12.0. The fourth-order valence-electron chi connectivity index (χ4n) is 4.50. The van der Waals surface area contributed by atoms with Crippen molar-refractivity contribution in [2.45, 2.75) is 31.3 Å². The minimum Gasteiger partial charge on any atom is -0.362 e. The Labute approximate surface area is 174 Å². The maximum Gasteiger partial charge on any atom is 0.262 e. The van der Waals surface area contributed by atoms with Crippen molar-refractivity contribution in [1.29, 1.82) is 0 Å². The van der Waals surface area contributed by atoms with E-state index in [0.717, 1.165) is 5.69 Å². The quantitative estimate of drug-likeness (QED) is 0.770. The number of para-hydroxylation sites is 1. The Kier molecular flexibility index (Phi) is 5.07. The van der Waals surface area contributed by atoms with E-state index < -0.39 is 21.3 Å². The highest BCUT2D eigenvalue weighted by Crippen LogP contribution is 2.46.